The molecule has 29 heavy (non-hydrogen) atoms. The molecule has 1 saturated heterocycles. The molecule has 0 saturated carbocycles. The van der Waals surface area contributed by atoms with Crippen LogP contribution in [0.4, 0.5) is 0 Å². The molecule has 3 rings (SSSR count). The fraction of sp³-hybridized carbons (Fsp3) is 0.409. The van der Waals surface area contributed by atoms with Crippen molar-refractivity contribution in [2.45, 2.75) is 19.1 Å². The molecule has 7 heteroatoms. The fourth-order valence-electron chi connectivity index (χ4n) is 3.31. The van der Waals surface area contributed by atoms with Crippen molar-refractivity contribution < 1.29 is 19.0 Å². The second kappa shape index (κ2) is 10.5. The van der Waals surface area contributed by atoms with Gasteiger partial charge in [0.25, 0.3) is 5.91 Å². The molecule has 1 N–H and O–H groups in total. The van der Waals surface area contributed by atoms with Crippen molar-refractivity contribution in [2.24, 2.45) is 0 Å². The maximum Gasteiger partial charge on any atom is 0.260 e. The Hall–Kier alpha value is -2.28. The minimum absolute atomic E-state index is 0.0483. The van der Waals surface area contributed by atoms with E-state index in [-0.39, 0.29) is 11.9 Å². The predicted octanol–water partition coefficient (Wildman–Crippen LogP) is 3.31. The quantitative estimate of drug-likeness (QED) is 0.712. The second-order valence-electron chi connectivity index (χ2n) is 6.90. The Balaban J connectivity index is 1.64. The first-order valence-electron chi connectivity index (χ1n) is 9.72. The number of amides is 1. The van der Waals surface area contributed by atoms with Crippen LogP contribution in [0.1, 0.15) is 18.5 Å². The van der Waals surface area contributed by atoms with Crippen molar-refractivity contribution in [3.63, 3.8) is 0 Å². The van der Waals surface area contributed by atoms with Crippen LogP contribution in [0, 0.1) is 0 Å². The molecule has 1 aliphatic heterocycles. The van der Waals surface area contributed by atoms with Crippen molar-refractivity contribution in [3.05, 3.63) is 59.1 Å². The number of nitrogens with one attached hydrogen (secondary N) is 1. The van der Waals surface area contributed by atoms with Crippen LogP contribution < -0.4 is 14.8 Å². The third-order valence-corrected chi connectivity index (χ3v) is 5.17. The summed E-state index contributed by atoms with van der Waals surface area (Å²) in [6.07, 6.45) is -0.630. The van der Waals surface area contributed by atoms with E-state index in [1.54, 1.807) is 38.3 Å². The summed E-state index contributed by atoms with van der Waals surface area (Å²) in [6, 6.07) is 15.0. The summed E-state index contributed by atoms with van der Waals surface area (Å²) in [7, 11) is 1.65. The third kappa shape index (κ3) is 6.10. The number of hydrogen-bond donors (Lipinski definition) is 1. The van der Waals surface area contributed by atoms with Crippen molar-refractivity contribution in [2.75, 3.05) is 40.0 Å². The van der Waals surface area contributed by atoms with Gasteiger partial charge in [-0.05, 0) is 42.8 Å². The summed E-state index contributed by atoms with van der Waals surface area (Å²) in [6.45, 7) is 5.23. The van der Waals surface area contributed by atoms with Gasteiger partial charge in [-0.25, -0.2) is 0 Å². The standard InChI is InChI=1S/C22H27ClN2O4/c1-16(29-20-5-3-4-18(23)14-20)22(26)24-15-21(25-10-12-28-13-11-25)17-6-8-19(27-2)9-7-17/h3-9,14,16,21H,10-13,15H2,1-2H3,(H,24,26). The highest BCUT2D eigenvalue weighted by molar-refractivity contribution is 6.30. The van der Waals surface area contributed by atoms with E-state index in [0.29, 0.717) is 30.5 Å². The van der Waals surface area contributed by atoms with Gasteiger partial charge in [0.05, 0.1) is 26.4 Å². The molecule has 2 aromatic rings. The van der Waals surface area contributed by atoms with Crippen LogP contribution in [0.2, 0.25) is 5.02 Å². The molecule has 0 spiro atoms. The molecule has 2 unspecified atom stereocenters. The number of hydrogen-bond acceptors (Lipinski definition) is 5. The summed E-state index contributed by atoms with van der Waals surface area (Å²) >= 11 is 5.98. The number of morpholine rings is 1. The van der Waals surface area contributed by atoms with Gasteiger partial charge >= 0.3 is 0 Å². The number of carbonyl (C=O) groups is 1. The molecule has 0 bridgehead atoms. The minimum Gasteiger partial charge on any atom is -0.497 e. The first-order valence-corrected chi connectivity index (χ1v) is 10.1. The smallest absolute Gasteiger partial charge is 0.260 e. The molecule has 2 aromatic carbocycles. The molecule has 0 aliphatic carbocycles. The van der Waals surface area contributed by atoms with E-state index in [2.05, 4.69) is 10.2 Å². The topological polar surface area (TPSA) is 60.0 Å². The third-order valence-electron chi connectivity index (χ3n) is 4.93. The van der Waals surface area contributed by atoms with Crippen molar-refractivity contribution in [3.8, 4) is 11.5 Å². The van der Waals surface area contributed by atoms with E-state index in [9.17, 15) is 4.79 Å². The number of nitrogens with zero attached hydrogens (tertiary/aromatic N) is 1. The molecule has 156 valence electrons. The highest BCUT2D eigenvalue weighted by Gasteiger charge is 2.24. The van der Waals surface area contributed by atoms with Gasteiger partial charge in [0.15, 0.2) is 6.10 Å². The van der Waals surface area contributed by atoms with Crippen molar-refractivity contribution in [1.82, 2.24) is 10.2 Å². The summed E-state index contributed by atoms with van der Waals surface area (Å²) in [5, 5.41) is 3.60. The number of benzene rings is 2. The number of rotatable bonds is 8. The van der Waals surface area contributed by atoms with E-state index in [1.165, 1.54) is 0 Å². The number of halogens is 1. The van der Waals surface area contributed by atoms with Gasteiger partial charge in [-0.1, -0.05) is 29.8 Å². The van der Waals surface area contributed by atoms with Gasteiger partial charge in [0.2, 0.25) is 0 Å². The maximum absolute atomic E-state index is 12.6. The van der Waals surface area contributed by atoms with Gasteiger partial charge in [-0.2, -0.15) is 0 Å². The average Bonchev–Trinajstić information content (AvgIpc) is 2.75. The van der Waals surface area contributed by atoms with Gasteiger partial charge in [-0.3, -0.25) is 9.69 Å². The highest BCUT2D eigenvalue weighted by Crippen LogP contribution is 2.24. The molecule has 6 nitrogen and oxygen atoms in total. The van der Waals surface area contributed by atoms with E-state index in [1.807, 2.05) is 24.3 Å². The first-order chi connectivity index (χ1) is 14.1. The zero-order valence-electron chi connectivity index (χ0n) is 16.8. The van der Waals surface area contributed by atoms with Crippen molar-refractivity contribution >= 4 is 17.5 Å². The Morgan fingerprint density at radius 2 is 1.90 bits per heavy atom. The van der Waals surface area contributed by atoms with Crippen LogP contribution in [0.5, 0.6) is 11.5 Å². The number of ether oxygens (including phenoxy) is 3. The van der Waals surface area contributed by atoms with Crippen LogP contribution >= 0.6 is 11.6 Å². The fourth-order valence-corrected chi connectivity index (χ4v) is 3.49. The maximum atomic E-state index is 12.6. The first kappa shape index (κ1) is 21.4. The summed E-state index contributed by atoms with van der Waals surface area (Å²) in [4.78, 5) is 14.9. The molecule has 0 aromatic heterocycles. The Morgan fingerprint density at radius 3 is 2.55 bits per heavy atom. The van der Waals surface area contributed by atoms with Crippen LogP contribution in [-0.4, -0.2) is 56.9 Å². The lowest BCUT2D eigenvalue weighted by molar-refractivity contribution is -0.127. The average molecular weight is 419 g/mol. The lowest BCUT2D eigenvalue weighted by Crippen LogP contribution is -2.45. The summed E-state index contributed by atoms with van der Waals surface area (Å²) < 4.78 is 16.5. The molecule has 1 fully saturated rings. The molecule has 1 heterocycles. The van der Waals surface area contributed by atoms with Gasteiger partial charge in [0.1, 0.15) is 11.5 Å². The lowest BCUT2D eigenvalue weighted by Gasteiger charge is -2.35. The zero-order chi connectivity index (χ0) is 20.6. The van der Waals surface area contributed by atoms with Crippen LogP contribution in [0.15, 0.2) is 48.5 Å². The lowest BCUT2D eigenvalue weighted by atomic mass is 10.0. The van der Waals surface area contributed by atoms with Crippen molar-refractivity contribution in [1.29, 1.82) is 0 Å². The van der Waals surface area contributed by atoms with Crippen LogP contribution in [0.3, 0.4) is 0 Å². The molecule has 2 atom stereocenters. The molecule has 1 aliphatic rings. The summed E-state index contributed by atoms with van der Waals surface area (Å²) in [5.41, 5.74) is 1.12. The van der Waals surface area contributed by atoms with Crippen LogP contribution in [-0.2, 0) is 9.53 Å². The van der Waals surface area contributed by atoms with E-state index in [4.69, 9.17) is 25.8 Å². The molecular formula is C22H27ClN2O4. The Kier molecular flexibility index (Phi) is 7.75. The SMILES string of the molecule is COc1ccc(C(CNC(=O)C(C)Oc2cccc(Cl)c2)N2CCOCC2)cc1. The van der Waals surface area contributed by atoms with E-state index >= 15 is 0 Å². The number of methoxy groups -OCH3 is 1. The Bertz CT molecular complexity index is 794. The Labute approximate surface area is 176 Å². The van der Waals surface area contributed by atoms with E-state index < -0.39 is 6.10 Å². The van der Waals surface area contributed by atoms with Gasteiger partial charge in [0, 0.05) is 24.7 Å². The highest BCUT2D eigenvalue weighted by atomic mass is 35.5. The molecule has 0 radical (unpaired) electrons. The second-order valence-corrected chi connectivity index (χ2v) is 7.34. The van der Waals surface area contributed by atoms with Gasteiger partial charge in [-0.15, -0.1) is 0 Å². The minimum atomic E-state index is -0.630. The Morgan fingerprint density at radius 1 is 1.17 bits per heavy atom. The van der Waals surface area contributed by atoms with Crippen LogP contribution in [0.25, 0.3) is 0 Å². The largest absolute Gasteiger partial charge is 0.497 e. The monoisotopic (exact) mass is 418 g/mol. The summed E-state index contributed by atoms with van der Waals surface area (Å²) in [5.74, 6) is 1.21. The predicted molar refractivity (Wildman–Crippen MR) is 113 cm³/mol. The normalized spacial score (nSPS) is 16.7. The van der Waals surface area contributed by atoms with Gasteiger partial charge < -0.3 is 19.5 Å². The van der Waals surface area contributed by atoms with E-state index in [0.717, 1.165) is 24.4 Å². The zero-order valence-corrected chi connectivity index (χ0v) is 17.5. The molecule has 1 amide bonds. The molecular weight excluding hydrogens is 392 g/mol. The number of carbonyl (C=O) groups excluding carboxylic acids is 1.